The van der Waals surface area contributed by atoms with Crippen LogP contribution in [-0.2, 0) is 0 Å². The van der Waals surface area contributed by atoms with E-state index in [2.05, 4.69) is 26.6 Å². The van der Waals surface area contributed by atoms with E-state index in [1.54, 1.807) is 18.2 Å². The third-order valence-electron chi connectivity index (χ3n) is 2.77. The molecule has 3 nitrogen and oxygen atoms in total. The van der Waals surface area contributed by atoms with E-state index in [4.69, 9.17) is 11.6 Å². The van der Waals surface area contributed by atoms with Gasteiger partial charge in [0.15, 0.2) is 0 Å². The van der Waals surface area contributed by atoms with Gasteiger partial charge in [-0.05, 0) is 59.3 Å². The summed E-state index contributed by atoms with van der Waals surface area (Å²) in [6, 6.07) is 9.34. The standard InChI is InChI=1S/C15H13BrClFN2O/c1-2-19-14-6-3-9(17)7-11(14)15(21)20-10-4-5-13(18)12(16)8-10/h3-8,19H,2H2,1H3,(H,20,21). The second-order valence-corrected chi connectivity index (χ2v) is 5.59. The second kappa shape index (κ2) is 6.91. The van der Waals surface area contributed by atoms with E-state index in [-0.39, 0.29) is 11.7 Å². The summed E-state index contributed by atoms with van der Waals surface area (Å²) in [5.74, 6) is -0.698. The first-order valence-electron chi connectivity index (χ1n) is 6.31. The van der Waals surface area contributed by atoms with E-state index in [1.807, 2.05) is 6.92 Å². The highest BCUT2D eigenvalue weighted by atomic mass is 79.9. The van der Waals surface area contributed by atoms with Crippen molar-refractivity contribution in [1.29, 1.82) is 0 Å². The summed E-state index contributed by atoms with van der Waals surface area (Å²) in [6.07, 6.45) is 0. The molecule has 2 rings (SSSR count). The van der Waals surface area contributed by atoms with Crippen LogP contribution in [0.5, 0.6) is 0 Å². The Morgan fingerprint density at radius 2 is 2.05 bits per heavy atom. The van der Waals surface area contributed by atoms with E-state index in [0.29, 0.717) is 33.0 Å². The Hall–Kier alpha value is -1.59. The first-order chi connectivity index (χ1) is 10.0. The van der Waals surface area contributed by atoms with Gasteiger partial charge in [0.25, 0.3) is 5.91 Å². The molecule has 2 N–H and O–H groups in total. The maximum absolute atomic E-state index is 13.2. The molecule has 0 heterocycles. The molecule has 2 aromatic rings. The monoisotopic (exact) mass is 370 g/mol. The second-order valence-electron chi connectivity index (χ2n) is 4.30. The third kappa shape index (κ3) is 3.95. The Morgan fingerprint density at radius 3 is 2.71 bits per heavy atom. The van der Waals surface area contributed by atoms with Gasteiger partial charge >= 0.3 is 0 Å². The van der Waals surface area contributed by atoms with Crippen molar-refractivity contribution in [2.75, 3.05) is 17.2 Å². The Kier molecular flexibility index (Phi) is 5.20. The number of rotatable bonds is 4. The smallest absolute Gasteiger partial charge is 0.257 e. The number of hydrogen-bond acceptors (Lipinski definition) is 2. The number of carbonyl (C=O) groups excluding carboxylic acids is 1. The molecule has 0 aliphatic heterocycles. The molecular formula is C15H13BrClFN2O. The van der Waals surface area contributed by atoms with E-state index in [9.17, 15) is 9.18 Å². The number of anilines is 2. The lowest BCUT2D eigenvalue weighted by Crippen LogP contribution is -2.15. The Bertz CT molecular complexity index is 679. The minimum atomic E-state index is -0.385. The number of hydrogen-bond donors (Lipinski definition) is 2. The molecule has 21 heavy (non-hydrogen) atoms. The number of amides is 1. The first kappa shape index (κ1) is 15.8. The van der Waals surface area contributed by atoms with Crippen molar-refractivity contribution in [3.8, 4) is 0 Å². The fourth-order valence-electron chi connectivity index (χ4n) is 1.82. The van der Waals surface area contributed by atoms with Crippen molar-refractivity contribution in [2.45, 2.75) is 6.92 Å². The molecule has 6 heteroatoms. The van der Waals surface area contributed by atoms with Crippen LogP contribution in [0.15, 0.2) is 40.9 Å². The van der Waals surface area contributed by atoms with Crippen LogP contribution in [0.3, 0.4) is 0 Å². The maximum Gasteiger partial charge on any atom is 0.257 e. The number of benzene rings is 2. The topological polar surface area (TPSA) is 41.1 Å². The molecular weight excluding hydrogens is 359 g/mol. The van der Waals surface area contributed by atoms with Crippen LogP contribution in [0.25, 0.3) is 0 Å². The van der Waals surface area contributed by atoms with Crippen molar-refractivity contribution in [1.82, 2.24) is 0 Å². The van der Waals surface area contributed by atoms with Crippen molar-refractivity contribution in [2.24, 2.45) is 0 Å². The van der Waals surface area contributed by atoms with Gasteiger partial charge in [-0.15, -0.1) is 0 Å². The Balaban J connectivity index is 2.27. The van der Waals surface area contributed by atoms with Crippen molar-refractivity contribution in [3.63, 3.8) is 0 Å². The molecule has 0 saturated carbocycles. The van der Waals surface area contributed by atoms with Crippen LogP contribution in [0.1, 0.15) is 17.3 Å². The largest absolute Gasteiger partial charge is 0.385 e. The average Bonchev–Trinajstić information content (AvgIpc) is 2.45. The van der Waals surface area contributed by atoms with E-state index in [1.165, 1.54) is 18.2 Å². The van der Waals surface area contributed by atoms with Crippen molar-refractivity contribution >= 4 is 44.8 Å². The molecule has 1 amide bonds. The summed E-state index contributed by atoms with van der Waals surface area (Å²) in [6.45, 7) is 2.62. The van der Waals surface area contributed by atoms with Gasteiger partial charge in [-0.25, -0.2) is 4.39 Å². The van der Waals surface area contributed by atoms with Crippen LogP contribution >= 0.6 is 27.5 Å². The minimum Gasteiger partial charge on any atom is -0.385 e. The van der Waals surface area contributed by atoms with Crippen LogP contribution in [-0.4, -0.2) is 12.5 Å². The van der Waals surface area contributed by atoms with Crippen LogP contribution in [0.4, 0.5) is 15.8 Å². The fraction of sp³-hybridized carbons (Fsp3) is 0.133. The predicted octanol–water partition coefficient (Wildman–Crippen LogP) is 4.93. The van der Waals surface area contributed by atoms with Crippen molar-refractivity contribution < 1.29 is 9.18 Å². The van der Waals surface area contributed by atoms with Gasteiger partial charge in [0.05, 0.1) is 10.0 Å². The lowest BCUT2D eigenvalue weighted by molar-refractivity contribution is 0.102. The van der Waals surface area contributed by atoms with Gasteiger partial charge < -0.3 is 10.6 Å². The van der Waals surface area contributed by atoms with E-state index >= 15 is 0 Å². The molecule has 110 valence electrons. The van der Waals surface area contributed by atoms with E-state index < -0.39 is 0 Å². The Labute approximate surface area is 135 Å². The first-order valence-corrected chi connectivity index (χ1v) is 7.48. The van der Waals surface area contributed by atoms with Crippen molar-refractivity contribution in [3.05, 3.63) is 57.3 Å². The normalized spacial score (nSPS) is 10.3. The average molecular weight is 372 g/mol. The minimum absolute atomic E-state index is 0.290. The number of halogens is 3. The van der Waals surface area contributed by atoms with Crippen LogP contribution in [0.2, 0.25) is 5.02 Å². The summed E-state index contributed by atoms with van der Waals surface area (Å²) in [5, 5.41) is 6.29. The fourth-order valence-corrected chi connectivity index (χ4v) is 2.37. The molecule has 0 unspecified atom stereocenters. The summed E-state index contributed by atoms with van der Waals surface area (Å²) >= 11 is 9.03. The van der Waals surface area contributed by atoms with Gasteiger partial charge in [-0.1, -0.05) is 11.6 Å². The summed E-state index contributed by atoms with van der Waals surface area (Å²) in [5.41, 5.74) is 1.63. The van der Waals surface area contributed by atoms with Gasteiger partial charge in [0.1, 0.15) is 5.82 Å². The molecule has 0 radical (unpaired) electrons. The lowest BCUT2D eigenvalue weighted by Gasteiger charge is -2.12. The Morgan fingerprint density at radius 1 is 1.29 bits per heavy atom. The maximum atomic E-state index is 13.2. The lowest BCUT2D eigenvalue weighted by atomic mass is 10.1. The number of carbonyl (C=O) groups is 1. The highest BCUT2D eigenvalue weighted by molar-refractivity contribution is 9.10. The molecule has 0 fully saturated rings. The molecule has 2 aromatic carbocycles. The molecule has 0 spiro atoms. The zero-order valence-corrected chi connectivity index (χ0v) is 13.6. The quantitative estimate of drug-likeness (QED) is 0.800. The highest BCUT2D eigenvalue weighted by Gasteiger charge is 2.13. The highest BCUT2D eigenvalue weighted by Crippen LogP contribution is 2.24. The molecule has 0 bridgehead atoms. The molecule has 0 atom stereocenters. The molecule has 0 aliphatic carbocycles. The molecule has 0 saturated heterocycles. The zero-order valence-electron chi connectivity index (χ0n) is 11.2. The summed E-state index contributed by atoms with van der Waals surface area (Å²) in [4.78, 5) is 12.3. The summed E-state index contributed by atoms with van der Waals surface area (Å²) < 4.78 is 13.5. The van der Waals surface area contributed by atoms with Gasteiger partial charge in [0, 0.05) is 22.9 Å². The molecule has 0 aliphatic rings. The van der Waals surface area contributed by atoms with E-state index in [0.717, 1.165) is 0 Å². The van der Waals surface area contributed by atoms with Gasteiger partial charge in [-0.2, -0.15) is 0 Å². The third-order valence-corrected chi connectivity index (χ3v) is 3.61. The SMILES string of the molecule is CCNc1ccc(Cl)cc1C(=O)Nc1ccc(F)c(Br)c1. The van der Waals surface area contributed by atoms with Gasteiger partial charge in [-0.3, -0.25) is 4.79 Å². The molecule has 0 aromatic heterocycles. The predicted molar refractivity (Wildman–Crippen MR) is 87.7 cm³/mol. The van der Waals surface area contributed by atoms with Crippen LogP contribution in [0, 0.1) is 5.82 Å². The van der Waals surface area contributed by atoms with Crippen LogP contribution < -0.4 is 10.6 Å². The zero-order chi connectivity index (χ0) is 15.4. The van der Waals surface area contributed by atoms with Gasteiger partial charge in [0.2, 0.25) is 0 Å². The summed E-state index contributed by atoms with van der Waals surface area (Å²) in [7, 11) is 0. The number of nitrogens with one attached hydrogen (secondary N) is 2.